The first kappa shape index (κ1) is 22.6. The number of rotatable bonds is 8. The van der Waals surface area contributed by atoms with Crippen molar-refractivity contribution in [3.8, 4) is 0 Å². The van der Waals surface area contributed by atoms with Gasteiger partial charge in [0, 0.05) is 37.0 Å². The highest BCUT2D eigenvalue weighted by molar-refractivity contribution is 7.90. The third kappa shape index (κ3) is 4.98. The van der Waals surface area contributed by atoms with Gasteiger partial charge in [-0.2, -0.15) is 0 Å². The van der Waals surface area contributed by atoms with Crippen LogP contribution in [0.1, 0.15) is 5.56 Å². The molecule has 164 valence electrons. The van der Waals surface area contributed by atoms with E-state index in [1.54, 1.807) is 24.4 Å². The lowest BCUT2D eigenvalue weighted by molar-refractivity contribution is -0.384. The van der Waals surface area contributed by atoms with Crippen molar-refractivity contribution in [3.63, 3.8) is 0 Å². The molecule has 0 atom stereocenters. The number of sulfonamides is 1. The molecular weight excluding hydrogens is 444 g/mol. The molecule has 0 aliphatic rings. The van der Waals surface area contributed by atoms with Crippen LogP contribution in [0.3, 0.4) is 0 Å². The van der Waals surface area contributed by atoms with Gasteiger partial charge in [-0.3, -0.25) is 15.1 Å². The molecule has 2 N–H and O–H groups in total. The summed E-state index contributed by atoms with van der Waals surface area (Å²) in [7, 11) is -7.45. The zero-order valence-electron chi connectivity index (χ0n) is 16.7. The van der Waals surface area contributed by atoms with E-state index < -0.39 is 30.5 Å². The minimum Gasteiger partial charge on any atom is -0.378 e. The average Bonchev–Trinajstić information content (AvgIpc) is 2.70. The van der Waals surface area contributed by atoms with E-state index in [0.29, 0.717) is 10.9 Å². The molecule has 0 amide bonds. The van der Waals surface area contributed by atoms with Crippen molar-refractivity contribution in [1.29, 1.82) is 0 Å². The minimum absolute atomic E-state index is 0.0420. The van der Waals surface area contributed by atoms with E-state index in [2.05, 4.69) is 15.0 Å². The summed E-state index contributed by atoms with van der Waals surface area (Å²) in [4.78, 5) is 14.7. The number of pyridine rings is 1. The molecule has 0 aliphatic carbocycles. The molecule has 0 saturated carbocycles. The molecule has 0 radical (unpaired) electrons. The first-order valence-electron chi connectivity index (χ1n) is 9.07. The number of anilines is 1. The standard InChI is InChI=1S/C19H20N4O6S2/c1-13-5-8-18(15-4-3-9-21-19(13)15)31(28,29)22-11-10-20-16-7-6-14(30(2,26)27)12-17(16)23(24)25/h3-9,12,20,22H,10-11H2,1-2H3. The number of hydrogen-bond donors (Lipinski definition) is 2. The zero-order valence-corrected chi connectivity index (χ0v) is 18.3. The molecule has 0 saturated heterocycles. The van der Waals surface area contributed by atoms with E-state index in [4.69, 9.17) is 0 Å². The Labute approximate surface area is 179 Å². The summed E-state index contributed by atoms with van der Waals surface area (Å²) >= 11 is 0. The van der Waals surface area contributed by atoms with Crippen LogP contribution in [0.4, 0.5) is 11.4 Å². The smallest absolute Gasteiger partial charge is 0.293 e. The highest BCUT2D eigenvalue weighted by atomic mass is 32.2. The molecule has 0 unspecified atom stereocenters. The summed E-state index contributed by atoms with van der Waals surface area (Å²) in [6, 6.07) is 10.0. The number of nitrogens with zero attached hydrogens (tertiary/aromatic N) is 2. The van der Waals surface area contributed by atoms with Crippen LogP contribution >= 0.6 is 0 Å². The molecule has 0 fully saturated rings. The van der Waals surface area contributed by atoms with Crippen molar-refractivity contribution in [1.82, 2.24) is 9.71 Å². The maximum atomic E-state index is 12.8. The summed E-state index contributed by atoms with van der Waals surface area (Å²) in [6.07, 6.45) is 2.54. The van der Waals surface area contributed by atoms with Gasteiger partial charge in [-0.05, 0) is 42.8 Å². The lowest BCUT2D eigenvalue weighted by Crippen LogP contribution is -2.29. The molecule has 3 rings (SSSR count). The molecule has 1 heterocycles. The van der Waals surface area contributed by atoms with Crippen molar-refractivity contribution in [3.05, 3.63) is 64.3 Å². The fourth-order valence-electron chi connectivity index (χ4n) is 3.03. The maximum absolute atomic E-state index is 12.8. The Morgan fingerprint density at radius 1 is 1.06 bits per heavy atom. The van der Waals surface area contributed by atoms with Gasteiger partial charge in [0.2, 0.25) is 10.0 Å². The SMILES string of the molecule is Cc1ccc(S(=O)(=O)NCCNc2ccc(S(C)(=O)=O)cc2[N+](=O)[O-])c2cccnc12. The number of aromatic nitrogens is 1. The molecule has 3 aromatic rings. The second-order valence-corrected chi connectivity index (χ2v) is 10.6. The second kappa shape index (κ2) is 8.57. The van der Waals surface area contributed by atoms with E-state index in [-0.39, 0.29) is 28.6 Å². The Morgan fingerprint density at radius 2 is 1.81 bits per heavy atom. The quantitative estimate of drug-likeness (QED) is 0.293. The van der Waals surface area contributed by atoms with Crippen molar-refractivity contribution in [2.24, 2.45) is 0 Å². The van der Waals surface area contributed by atoms with Crippen LogP contribution < -0.4 is 10.0 Å². The minimum atomic E-state index is -3.85. The molecule has 0 spiro atoms. The largest absolute Gasteiger partial charge is 0.378 e. The molecule has 31 heavy (non-hydrogen) atoms. The van der Waals surface area contributed by atoms with E-state index in [1.165, 1.54) is 18.2 Å². The van der Waals surface area contributed by atoms with Gasteiger partial charge in [0.1, 0.15) is 5.69 Å². The highest BCUT2D eigenvalue weighted by Crippen LogP contribution is 2.27. The van der Waals surface area contributed by atoms with Gasteiger partial charge >= 0.3 is 0 Å². The number of aryl methyl sites for hydroxylation is 1. The van der Waals surface area contributed by atoms with E-state index in [1.807, 2.05) is 6.92 Å². The van der Waals surface area contributed by atoms with Gasteiger partial charge in [0.05, 0.1) is 20.2 Å². The molecule has 10 nitrogen and oxygen atoms in total. The number of nitro groups is 1. The monoisotopic (exact) mass is 464 g/mol. The number of nitro benzene ring substituents is 1. The van der Waals surface area contributed by atoms with E-state index >= 15 is 0 Å². The van der Waals surface area contributed by atoms with Crippen LogP contribution in [0.2, 0.25) is 0 Å². The summed E-state index contributed by atoms with van der Waals surface area (Å²) < 4.78 is 51.2. The highest BCUT2D eigenvalue weighted by Gasteiger charge is 2.20. The van der Waals surface area contributed by atoms with Gasteiger partial charge in [0.15, 0.2) is 9.84 Å². The van der Waals surface area contributed by atoms with Crippen molar-refractivity contribution >= 4 is 42.1 Å². The lowest BCUT2D eigenvalue weighted by Gasteiger charge is -2.12. The van der Waals surface area contributed by atoms with Crippen LogP contribution in [0.25, 0.3) is 10.9 Å². The number of benzene rings is 2. The first-order valence-corrected chi connectivity index (χ1v) is 12.4. The van der Waals surface area contributed by atoms with Crippen molar-refractivity contribution in [2.45, 2.75) is 16.7 Å². The molecule has 1 aromatic heterocycles. The molecular formula is C19H20N4O6S2. The van der Waals surface area contributed by atoms with Gasteiger partial charge in [0.25, 0.3) is 5.69 Å². The summed E-state index contributed by atoms with van der Waals surface area (Å²) in [5.74, 6) is 0. The Hall–Kier alpha value is -3.09. The van der Waals surface area contributed by atoms with Gasteiger partial charge in [-0.15, -0.1) is 0 Å². The number of fused-ring (bicyclic) bond motifs is 1. The zero-order chi connectivity index (χ0) is 22.8. The van der Waals surface area contributed by atoms with E-state index in [0.717, 1.165) is 17.9 Å². The Balaban J connectivity index is 1.74. The van der Waals surface area contributed by atoms with Crippen LogP contribution in [-0.2, 0) is 19.9 Å². The van der Waals surface area contributed by atoms with Crippen LogP contribution in [-0.4, -0.2) is 46.1 Å². The lowest BCUT2D eigenvalue weighted by atomic mass is 10.1. The van der Waals surface area contributed by atoms with E-state index in [9.17, 15) is 26.9 Å². The summed E-state index contributed by atoms with van der Waals surface area (Å²) in [5, 5.41) is 14.5. The Bertz CT molecular complexity index is 1370. The fraction of sp³-hybridized carbons (Fsp3) is 0.211. The number of nitrogens with one attached hydrogen (secondary N) is 2. The number of hydrogen-bond acceptors (Lipinski definition) is 8. The van der Waals surface area contributed by atoms with Crippen LogP contribution in [0.5, 0.6) is 0 Å². The fourth-order valence-corrected chi connectivity index (χ4v) is 4.89. The third-order valence-corrected chi connectivity index (χ3v) is 7.18. The molecule has 0 aliphatic heterocycles. The first-order chi connectivity index (χ1) is 14.5. The van der Waals surface area contributed by atoms with Crippen LogP contribution in [0, 0.1) is 17.0 Å². The summed E-state index contributed by atoms with van der Waals surface area (Å²) in [6.45, 7) is 1.83. The van der Waals surface area contributed by atoms with Gasteiger partial charge in [-0.1, -0.05) is 6.07 Å². The predicted octanol–water partition coefficient (Wildman–Crippen LogP) is 2.25. The maximum Gasteiger partial charge on any atom is 0.293 e. The normalized spacial score (nSPS) is 12.1. The number of sulfone groups is 1. The second-order valence-electron chi connectivity index (χ2n) is 6.81. The van der Waals surface area contributed by atoms with Crippen LogP contribution in [0.15, 0.2) is 58.5 Å². The third-order valence-electron chi connectivity index (χ3n) is 4.55. The molecule has 0 bridgehead atoms. The van der Waals surface area contributed by atoms with Crippen molar-refractivity contribution in [2.75, 3.05) is 24.7 Å². The molecule has 12 heteroatoms. The average molecular weight is 465 g/mol. The molecule has 2 aromatic carbocycles. The Morgan fingerprint density at radius 3 is 2.48 bits per heavy atom. The van der Waals surface area contributed by atoms with Crippen molar-refractivity contribution < 1.29 is 21.8 Å². The summed E-state index contributed by atoms with van der Waals surface area (Å²) in [5.41, 5.74) is 1.11. The predicted molar refractivity (Wildman–Crippen MR) is 116 cm³/mol. The van der Waals surface area contributed by atoms with Gasteiger partial charge in [-0.25, -0.2) is 21.6 Å². The Kier molecular flexibility index (Phi) is 6.25. The topological polar surface area (TPSA) is 148 Å². The van der Waals surface area contributed by atoms with Gasteiger partial charge < -0.3 is 5.32 Å².